The van der Waals surface area contributed by atoms with E-state index in [0.717, 1.165) is 6.20 Å². The van der Waals surface area contributed by atoms with Crippen LogP contribution in [0.25, 0.3) is 0 Å². The summed E-state index contributed by atoms with van der Waals surface area (Å²) in [7, 11) is -2.51. The number of hydrogen-bond donors (Lipinski definition) is 2. The fourth-order valence-corrected chi connectivity index (χ4v) is 2.53. The number of ether oxygens (including phenoxy) is 1. The SMILES string of the molecule is COc1ccc(S(=O)(=O)Nc2nccnc2C(=O)O)cc1. The Morgan fingerprint density at radius 2 is 1.81 bits per heavy atom. The van der Waals surface area contributed by atoms with Crippen molar-refractivity contribution in [2.24, 2.45) is 0 Å². The Balaban J connectivity index is 2.35. The van der Waals surface area contributed by atoms with Crippen molar-refractivity contribution in [1.82, 2.24) is 9.97 Å². The molecule has 0 radical (unpaired) electrons. The fraction of sp³-hybridized carbons (Fsp3) is 0.0833. The Morgan fingerprint density at radius 1 is 1.19 bits per heavy atom. The molecule has 2 aromatic rings. The van der Waals surface area contributed by atoms with Gasteiger partial charge in [0.15, 0.2) is 11.5 Å². The van der Waals surface area contributed by atoms with Gasteiger partial charge in [0.25, 0.3) is 10.0 Å². The van der Waals surface area contributed by atoms with Gasteiger partial charge in [-0.05, 0) is 24.3 Å². The Kier molecular flexibility index (Phi) is 4.03. The van der Waals surface area contributed by atoms with E-state index in [1.807, 2.05) is 0 Å². The van der Waals surface area contributed by atoms with Gasteiger partial charge in [0, 0.05) is 12.4 Å². The summed E-state index contributed by atoms with van der Waals surface area (Å²) in [6.07, 6.45) is 2.35. The number of methoxy groups -OCH3 is 1. The number of benzene rings is 1. The van der Waals surface area contributed by atoms with Crippen molar-refractivity contribution in [1.29, 1.82) is 0 Å². The standard InChI is InChI=1S/C12H11N3O5S/c1-20-8-2-4-9(5-3-8)21(18,19)15-11-10(12(16)17)13-6-7-14-11/h2-7H,1H3,(H,14,15)(H,16,17). The van der Waals surface area contributed by atoms with Crippen LogP contribution in [0.3, 0.4) is 0 Å². The number of aromatic nitrogens is 2. The van der Waals surface area contributed by atoms with Crippen LogP contribution < -0.4 is 9.46 Å². The second-order valence-electron chi connectivity index (χ2n) is 3.84. The molecule has 0 amide bonds. The molecule has 1 heterocycles. The molecule has 1 aromatic heterocycles. The molecule has 0 atom stereocenters. The second kappa shape index (κ2) is 5.75. The van der Waals surface area contributed by atoms with Gasteiger partial charge < -0.3 is 9.84 Å². The Bertz CT molecular complexity index is 759. The zero-order valence-electron chi connectivity index (χ0n) is 10.8. The van der Waals surface area contributed by atoms with Crippen molar-refractivity contribution in [3.63, 3.8) is 0 Å². The maximum absolute atomic E-state index is 12.2. The lowest BCUT2D eigenvalue weighted by atomic mass is 10.3. The quantitative estimate of drug-likeness (QED) is 0.845. The van der Waals surface area contributed by atoms with Crippen LogP contribution in [0.4, 0.5) is 5.82 Å². The Morgan fingerprint density at radius 3 is 2.38 bits per heavy atom. The number of nitrogens with zero attached hydrogens (tertiary/aromatic N) is 2. The van der Waals surface area contributed by atoms with E-state index in [1.54, 1.807) is 0 Å². The number of nitrogens with one attached hydrogen (secondary N) is 1. The fourth-order valence-electron chi connectivity index (χ4n) is 1.51. The molecule has 2 rings (SSSR count). The minimum atomic E-state index is -3.97. The first-order valence-electron chi connectivity index (χ1n) is 5.65. The second-order valence-corrected chi connectivity index (χ2v) is 5.52. The molecule has 0 saturated heterocycles. The highest BCUT2D eigenvalue weighted by Gasteiger charge is 2.20. The van der Waals surface area contributed by atoms with Gasteiger partial charge in [0.1, 0.15) is 5.75 Å². The smallest absolute Gasteiger partial charge is 0.358 e. The third-order valence-electron chi connectivity index (χ3n) is 2.50. The summed E-state index contributed by atoms with van der Waals surface area (Å²) in [5.41, 5.74) is -0.477. The van der Waals surface area contributed by atoms with Crippen molar-refractivity contribution in [2.75, 3.05) is 11.8 Å². The average molecular weight is 309 g/mol. The number of rotatable bonds is 5. The molecule has 2 N–H and O–H groups in total. The van der Waals surface area contributed by atoms with Gasteiger partial charge in [-0.1, -0.05) is 0 Å². The lowest BCUT2D eigenvalue weighted by Crippen LogP contribution is -2.17. The number of carboxylic acid groups (broad SMARTS) is 1. The third kappa shape index (κ3) is 3.26. The van der Waals surface area contributed by atoms with E-state index in [1.165, 1.54) is 37.6 Å². The first-order chi connectivity index (χ1) is 9.94. The van der Waals surface area contributed by atoms with E-state index < -0.39 is 21.7 Å². The molecule has 0 aliphatic heterocycles. The number of carboxylic acids is 1. The topological polar surface area (TPSA) is 118 Å². The zero-order chi connectivity index (χ0) is 15.5. The monoisotopic (exact) mass is 309 g/mol. The summed E-state index contributed by atoms with van der Waals surface area (Å²) in [4.78, 5) is 18.2. The Labute approximate surface area is 120 Å². The number of hydrogen-bond acceptors (Lipinski definition) is 6. The maximum Gasteiger partial charge on any atom is 0.358 e. The zero-order valence-corrected chi connectivity index (χ0v) is 11.7. The van der Waals surface area contributed by atoms with Crippen molar-refractivity contribution in [2.45, 2.75) is 4.90 Å². The van der Waals surface area contributed by atoms with E-state index >= 15 is 0 Å². The summed E-state index contributed by atoms with van der Waals surface area (Å²) in [5, 5.41) is 8.95. The number of sulfonamides is 1. The van der Waals surface area contributed by atoms with Crippen molar-refractivity contribution < 1.29 is 23.1 Å². The highest BCUT2D eigenvalue weighted by atomic mass is 32.2. The van der Waals surface area contributed by atoms with Crippen LogP contribution in [-0.2, 0) is 10.0 Å². The van der Waals surface area contributed by atoms with Gasteiger partial charge in [-0.15, -0.1) is 0 Å². The lowest BCUT2D eigenvalue weighted by molar-refractivity contribution is 0.0691. The summed E-state index contributed by atoms with van der Waals surface area (Å²) < 4.78 is 31.4. The van der Waals surface area contributed by atoms with Crippen LogP contribution in [0, 0.1) is 0 Å². The van der Waals surface area contributed by atoms with Gasteiger partial charge in [0.2, 0.25) is 0 Å². The van der Waals surface area contributed by atoms with E-state index in [0.29, 0.717) is 5.75 Å². The molecule has 1 aromatic carbocycles. The predicted octanol–water partition coefficient (Wildman–Crippen LogP) is 0.984. The van der Waals surface area contributed by atoms with Crippen molar-refractivity contribution in [3.8, 4) is 5.75 Å². The molecule has 0 spiro atoms. The van der Waals surface area contributed by atoms with Gasteiger partial charge >= 0.3 is 5.97 Å². The van der Waals surface area contributed by atoms with Crippen LogP contribution in [0.5, 0.6) is 5.75 Å². The summed E-state index contributed by atoms with van der Waals surface area (Å²) >= 11 is 0. The number of anilines is 1. The number of carbonyl (C=O) groups is 1. The molecule has 0 bridgehead atoms. The van der Waals surface area contributed by atoms with Gasteiger partial charge in [-0.2, -0.15) is 0 Å². The van der Waals surface area contributed by atoms with Gasteiger partial charge in [-0.25, -0.2) is 23.2 Å². The molecular formula is C12H11N3O5S. The average Bonchev–Trinajstić information content (AvgIpc) is 2.47. The van der Waals surface area contributed by atoms with Crippen LogP contribution in [0.2, 0.25) is 0 Å². The van der Waals surface area contributed by atoms with Crippen LogP contribution >= 0.6 is 0 Å². The van der Waals surface area contributed by atoms with Gasteiger partial charge in [-0.3, -0.25) is 4.72 Å². The summed E-state index contributed by atoms with van der Waals surface area (Å²) in [5.74, 6) is -1.23. The first kappa shape index (κ1) is 14.7. The first-order valence-corrected chi connectivity index (χ1v) is 7.13. The molecule has 8 nitrogen and oxygen atoms in total. The summed E-state index contributed by atoms with van der Waals surface area (Å²) in [6, 6.07) is 5.61. The van der Waals surface area contributed by atoms with Crippen LogP contribution in [0.1, 0.15) is 10.5 Å². The van der Waals surface area contributed by atoms with E-state index in [9.17, 15) is 13.2 Å². The normalized spacial score (nSPS) is 10.9. The highest BCUT2D eigenvalue weighted by molar-refractivity contribution is 7.92. The van der Waals surface area contributed by atoms with Crippen LogP contribution in [0.15, 0.2) is 41.6 Å². The van der Waals surface area contributed by atoms with E-state index in [4.69, 9.17) is 9.84 Å². The number of aromatic carboxylic acids is 1. The molecule has 0 aliphatic carbocycles. The molecule has 9 heteroatoms. The van der Waals surface area contributed by atoms with Crippen molar-refractivity contribution >= 4 is 21.8 Å². The summed E-state index contributed by atoms with van der Waals surface area (Å²) in [6.45, 7) is 0. The molecule has 0 saturated carbocycles. The van der Waals surface area contributed by atoms with E-state index in [-0.39, 0.29) is 10.7 Å². The molecular weight excluding hydrogens is 298 g/mol. The van der Waals surface area contributed by atoms with Gasteiger partial charge in [0.05, 0.1) is 12.0 Å². The molecule has 21 heavy (non-hydrogen) atoms. The third-order valence-corrected chi connectivity index (χ3v) is 3.86. The Hall–Kier alpha value is -2.68. The minimum absolute atomic E-state index is 0.0507. The van der Waals surface area contributed by atoms with Crippen molar-refractivity contribution in [3.05, 3.63) is 42.4 Å². The van der Waals surface area contributed by atoms with E-state index in [2.05, 4.69) is 14.7 Å². The van der Waals surface area contributed by atoms with Crippen LogP contribution in [-0.4, -0.2) is 36.6 Å². The predicted molar refractivity (Wildman–Crippen MR) is 72.8 cm³/mol. The largest absolute Gasteiger partial charge is 0.497 e. The lowest BCUT2D eigenvalue weighted by Gasteiger charge is -2.09. The molecule has 0 unspecified atom stereocenters. The molecule has 0 fully saturated rings. The minimum Gasteiger partial charge on any atom is -0.497 e. The highest BCUT2D eigenvalue weighted by Crippen LogP contribution is 2.19. The maximum atomic E-state index is 12.2. The molecule has 0 aliphatic rings. The molecule has 110 valence electrons.